The molecule has 11 heteroatoms. The molecule has 0 N–H and O–H groups in total. The number of hydrogen-bond acceptors (Lipinski definition) is 5. The van der Waals surface area contributed by atoms with E-state index in [9.17, 15) is 28.1 Å². The summed E-state index contributed by atoms with van der Waals surface area (Å²) in [5.41, 5.74) is -2.19. The first kappa shape index (κ1) is 23.2. The monoisotopic (exact) mass is 482 g/mol. The summed E-state index contributed by atoms with van der Waals surface area (Å²) in [5, 5.41) is 11.2. The minimum Gasteiger partial charge on any atom is -0.487 e. The van der Waals surface area contributed by atoms with Gasteiger partial charge in [-0.1, -0.05) is 0 Å². The highest BCUT2D eigenvalue weighted by Gasteiger charge is 2.36. The molecule has 1 fully saturated rings. The van der Waals surface area contributed by atoms with Gasteiger partial charge in [-0.25, -0.2) is 4.79 Å². The fourth-order valence-electron chi connectivity index (χ4n) is 2.83. The Kier molecular flexibility index (Phi) is 7.02. The summed E-state index contributed by atoms with van der Waals surface area (Å²) in [6.45, 7) is 6.16. The fraction of sp³-hybridized carbons (Fsp3) is 0.611. The van der Waals surface area contributed by atoms with E-state index < -0.39 is 44.3 Å². The number of alkyl halides is 3. The van der Waals surface area contributed by atoms with E-state index in [2.05, 4.69) is 15.9 Å². The highest BCUT2D eigenvalue weighted by atomic mass is 79.9. The highest BCUT2D eigenvalue weighted by Crippen LogP contribution is 2.41. The molecule has 1 aromatic rings. The molecule has 0 radical (unpaired) electrons. The molecule has 7 nitrogen and oxygen atoms in total. The Bertz CT molecular complexity index is 772. The second kappa shape index (κ2) is 8.76. The van der Waals surface area contributed by atoms with E-state index in [4.69, 9.17) is 9.47 Å². The number of nitro groups is 1. The van der Waals surface area contributed by atoms with Crippen molar-refractivity contribution in [3.63, 3.8) is 0 Å². The van der Waals surface area contributed by atoms with Crippen LogP contribution in [-0.2, 0) is 10.9 Å². The molecule has 1 amide bonds. The number of ether oxygens (including phenoxy) is 2. The molecule has 1 heterocycles. The predicted octanol–water partition coefficient (Wildman–Crippen LogP) is 5.40. The number of carbonyl (C=O) groups is 1. The number of benzene rings is 1. The van der Waals surface area contributed by atoms with Gasteiger partial charge in [-0.2, -0.15) is 13.2 Å². The Hall–Kier alpha value is -2.04. The van der Waals surface area contributed by atoms with Crippen molar-refractivity contribution in [2.75, 3.05) is 19.7 Å². The minimum atomic E-state index is -4.68. The van der Waals surface area contributed by atoms with Gasteiger partial charge in [0.1, 0.15) is 5.60 Å². The van der Waals surface area contributed by atoms with E-state index >= 15 is 0 Å². The number of hydrogen-bond donors (Lipinski definition) is 0. The third kappa shape index (κ3) is 6.48. The number of carbonyl (C=O) groups excluding carboxylic acids is 1. The Balaban J connectivity index is 2.02. The normalized spacial score (nSPS) is 15.9. The van der Waals surface area contributed by atoms with E-state index in [-0.39, 0.29) is 12.5 Å². The maximum Gasteiger partial charge on any atom is 0.417 e. The van der Waals surface area contributed by atoms with Gasteiger partial charge < -0.3 is 14.4 Å². The summed E-state index contributed by atoms with van der Waals surface area (Å²) in [4.78, 5) is 24.0. The first-order chi connectivity index (χ1) is 13.3. The van der Waals surface area contributed by atoms with Gasteiger partial charge in [0.2, 0.25) is 0 Å². The lowest BCUT2D eigenvalue weighted by Gasteiger charge is -2.33. The molecular weight excluding hydrogens is 461 g/mol. The average molecular weight is 483 g/mol. The van der Waals surface area contributed by atoms with E-state index in [1.807, 2.05) is 0 Å². The largest absolute Gasteiger partial charge is 0.487 e. The van der Waals surface area contributed by atoms with Crippen molar-refractivity contribution in [1.82, 2.24) is 4.90 Å². The summed E-state index contributed by atoms with van der Waals surface area (Å²) in [5.74, 6) is -0.480. The third-order valence-corrected chi connectivity index (χ3v) is 4.95. The van der Waals surface area contributed by atoms with Gasteiger partial charge in [-0.15, -0.1) is 0 Å². The van der Waals surface area contributed by atoms with Gasteiger partial charge in [-0.3, -0.25) is 10.1 Å². The van der Waals surface area contributed by atoms with E-state index in [0.29, 0.717) is 32.0 Å². The maximum atomic E-state index is 13.1. The van der Waals surface area contributed by atoms with Gasteiger partial charge in [0.15, 0.2) is 5.75 Å². The zero-order valence-corrected chi connectivity index (χ0v) is 17.8. The van der Waals surface area contributed by atoms with Crippen LogP contribution in [0.2, 0.25) is 0 Å². The van der Waals surface area contributed by atoms with Crippen LogP contribution in [-0.4, -0.2) is 41.2 Å². The van der Waals surface area contributed by atoms with Gasteiger partial charge in [0, 0.05) is 29.7 Å². The number of nitrogens with zero attached hydrogens (tertiary/aromatic N) is 2. The zero-order chi connectivity index (χ0) is 22.0. The third-order valence-electron chi connectivity index (χ3n) is 4.29. The van der Waals surface area contributed by atoms with Gasteiger partial charge in [-0.05, 0) is 55.5 Å². The van der Waals surface area contributed by atoms with E-state index in [1.165, 1.54) is 0 Å². The van der Waals surface area contributed by atoms with Crippen LogP contribution in [0.3, 0.4) is 0 Å². The van der Waals surface area contributed by atoms with Crippen molar-refractivity contribution >= 4 is 27.7 Å². The molecule has 0 atom stereocenters. The molecule has 1 aliphatic heterocycles. The number of likely N-dealkylation sites (tertiary alicyclic amines) is 1. The lowest BCUT2D eigenvalue weighted by molar-refractivity contribution is -0.386. The molecule has 162 valence electrons. The van der Waals surface area contributed by atoms with E-state index in [1.54, 1.807) is 25.7 Å². The summed E-state index contributed by atoms with van der Waals surface area (Å²) < 4.78 is 49.6. The van der Waals surface area contributed by atoms with Crippen LogP contribution >= 0.6 is 15.9 Å². The Labute approximate surface area is 174 Å². The summed E-state index contributed by atoms with van der Waals surface area (Å²) in [6.07, 6.45) is -3.99. The Morgan fingerprint density at radius 1 is 1.28 bits per heavy atom. The molecule has 0 aromatic heterocycles. The summed E-state index contributed by atoms with van der Waals surface area (Å²) in [7, 11) is 0. The first-order valence-corrected chi connectivity index (χ1v) is 9.73. The highest BCUT2D eigenvalue weighted by molar-refractivity contribution is 9.10. The number of rotatable bonds is 4. The van der Waals surface area contributed by atoms with Gasteiger partial charge >= 0.3 is 18.0 Å². The molecule has 0 spiro atoms. The van der Waals surface area contributed by atoms with Crippen LogP contribution in [0.5, 0.6) is 5.75 Å². The topological polar surface area (TPSA) is 81.9 Å². The van der Waals surface area contributed by atoms with Crippen LogP contribution in [0.1, 0.15) is 39.2 Å². The molecule has 1 aromatic carbocycles. The van der Waals surface area contributed by atoms with Gasteiger partial charge in [0.05, 0.1) is 17.1 Å². The zero-order valence-electron chi connectivity index (χ0n) is 16.2. The lowest BCUT2D eigenvalue weighted by Crippen LogP contribution is -2.42. The molecule has 0 saturated carbocycles. The second-order valence-electron chi connectivity index (χ2n) is 7.78. The minimum absolute atomic E-state index is 0.0158. The number of nitro benzene ring substituents is 1. The number of halogens is 4. The molecule has 1 saturated heterocycles. The van der Waals surface area contributed by atoms with Crippen molar-refractivity contribution in [1.29, 1.82) is 0 Å². The fourth-order valence-corrected chi connectivity index (χ4v) is 3.39. The molecule has 0 aliphatic carbocycles. The van der Waals surface area contributed by atoms with Gasteiger partial charge in [0.25, 0.3) is 0 Å². The molecular formula is C18H22BrF3N2O5. The van der Waals surface area contributed by atoms with Crippen molar-refractivity contribution in [2.45, 2.75) is 45.4 Å². The average Bonchev–Trinajstić information content (AvgIpc) is 2.58. The van der Waals surface area contributed by atoms with Crippen molar-refractivity contribution < 1.29 is 32.4 Å². The lowest BCUT2D eigenvalue weighted by atomic mass is 9.98. The summed E-state index contributed by atoms with van der Waals surface area (Å²) >= 11 is 2.72. The maximum absolute atomic E-state index is 13.1. The molecule has 0 bridgehead atoms. The molecule has 29 heavy (non-hydrogen) atoms. The Morgan fingerprint density at radius 3 is 2.34 bits per heavy atom. The van der Waals surface area contributed by atoms with Crippen molar-refractivity contribution in [3.05, 3.63) is 32.3 Å². The molecule has 2 rings (SSSR count). The van der Waals surface area contributed by atoms with Crippen LogP contribution < -0.4 is 4.74 Å². The smallest absolute Gasteiger partial charge is 0.417 e. The van der Waals surface area contributed by atoms with Crippen molar-refractivity contribution in [3.8, 4) is 5.75 Å². The standard InChI is InChI=1S/C18H22BrF3N2O5/c1-17(2,3)29-16(25)23-6-4-11(5-7-23)10-28-15-8-12(18(20,21)22)13(19)9-14(15)24(26)27/h8-9,11H,4-7,10H2,1-3H3. The SMILES string of the molecule is CC(C)(C)OC(=O)N1CCC(COc2cc(C(F)(F)F)c(Br)cc2[N+](=O)[O-])CC1. The van der Waals surface area contributed by atoms with Crippen LogP contribution in [0, 0.1) is 16.0 Å². The van der Waals surface area contributed by atoms with Crippen molar-refractivity contribution in [2.24, 2.45) is 5.92 Å². The quantitative estimate of drug-likeness (QED) is 0.423. The first-order valence-electron chi connectivity index (χ1n) is 8.94. The second-order valence-corrected chi connectivity index (χ2v) is 8.63. The molecule has 1 aliphatic rings. The molecule has 0 unspecified atom stereocenters. The predicted molar refractivity (Wildman–Crippen MR) is 102 cm³/mol. The van der Waals surface area contributed by atoms with E-state index in [0.717, 1.165) is 6.07 Å². The van der Waals surface area contributed by atoms with Crippen LogP contribution in [0.25, 0.3) is 0 Å². The van der Waals surface area contributed by atoms with Crippen LogP contribution in [0.15, 0.2) is 16.6 Å². The Morgan fingerprint density at radius 2 is 1.86 bits per heavy atom. The van der Waals surface area contributed by atoms with Crippen LogP contribution in [0.4, 0.5) is 23.7 Å². The number of amides is 1. The summed E-state index contributed by atoms with van der Waals surface area (Å²) in [6, 6.07) is 1.43. The number of piperidine rings is 1.